The molecule has 0 radical (unpaired) electrons. The van der Waals surface area contributed by atoms with Crippen LogP contribution in [0.2, 0.25) is 0 Å². The van der Waals surface area contributed by atoms with Crippen molar-refractivity contribution in [2.45, 2.75) is 19.9 Å². The third kappa shape index (κ3) is 2.77. The average molecular weight is 295 g/mol. The second-order valence-corrected chi connectivity index (χ2v) is 5.03. The van der Waals surface area contributed by atoms with E-state index in [9.17, 15) is 14.4 Å². The van der Waals surface area contributed by atoms with E-state index < -0.39 is 23.2 Å². The number of furan rings is 1. The van der Waals surface area contributed by atoms with Crippen LogP contribution in [-0.4, -0.2) is 34.7 Å². The Morgan fingerprint density at radius 1 is 1.55 bits per heavy atom. The van der Waals surface area contributed by atoms with Crippen LogP contribution in [0.4, 0.5) is 4.79 Å². The highest BCUT2D eigenvalue weighted by Crippen LogP contribution is 2.33. The zero-order chi connectivity index (χ0) is 14.7. The van der Waals surface area contributed by atoms with Crippen LogP contribution in [0.1, 0.15) is 19.4 Å². The highest BCUT2D eigenvalue weighted by atomic mass is 32.2. The van der Waals surface area contributed by atoms with Gasteiger partial charge in [-0.25, -0.2) is 4.79 Å². The molecule has 0 spiro atoms. The van der Waals surface area contributed by atoms with Crippen molar-refractivity contribution in [2.24, 2.45) is 0 Å². The molecular weight excluding hydrogens is 282 g/mol. The Morgan fingerprint density at radius 2 is 2.30 bits per heavy atom. The van der Waals surface area contributed by atoms with Crippen LogP contribution in [0.3, 0.4) is 0 Å². The van der Waals surface area contributed by atoms with Gasteiger partial charge in [0.2, 0.25) is 0 Å². The Morgan fingerprint density at radius 3 is 2.90 bits per heavy atom. The molecule has 0 bridgehead atoms. The summed E-state index contributed by atoms with van der Waals surface area (Å²) in [6.45, 7) is 3.33. The lowest BCUT2D eigenvalue weighted by Crippen LogP contribution is -2.42. The van der Waals surface area contributed by atoms with Crippen molar-refractivity contribution in [3.8, 4) is 0 Å². The van der Waals surface area contributed by atoms with Crippen LogP contribution in [-0.2, 0) is 14.3 Å². The van der Waals surface area contributed by atoms with Gasteiger partial charge < -0.3 is 9.15 Å². The van der Waals surface area contributed by atoms with E-state index in [0.29, 0.717) is 5.56 Å². The fourth-order valence-electron chi connectivity index (χ4n) is 1.69. The van der Waals surface area contributed by atoms with Crippen molar-refractivity contribution in [1.29, 1.82) is 0 Å². The van der Waals surface area contributed by atoms with Crippen molar-refractivity contribution in [2.75, 3.05) is 6.61 Å². The summed E-state index contributed by atoms with van der Waals surface area (Å²) < 4.78 is 9.72. The van der Waals surface area contributed by atoms with Crippen molar-refractivity contribution < 1.29 is 23.5 Å². The molecule has 1 atom stereocenters. The average Bonchev–Trinajstić information content (AvgIpc) is 2.99. The van der Waals surface area contributed by atoms with Crippen LogP contribution in [0.15, 0.2) is 27.9 Å². The molecule has 2 amide bonds. The Kier molecular flexibility index (Phi) is 4.29. The zero-order valence-electron chi connectivity index (χ0n) is 11.0. The number of amides is 2. The first-order valence-electron chi connectivity index (χ1n) is 6.00. The first-order valence-corrected chi connectivity index (χ1v) is 6.82. The van der Waals surface area contributed by atoms with Crippen molar-refractivity contribution in [1.82, 2.24) is 4.90 Å². The summed E-state index contributed by atoms with van der Waals surface area (Å²) in [6.07, 6.45) is 4.48. The largest absolute Gasteiger partial charge is 0.472 e. The Balaban J connectivity index is 2.19. The zero-order valence-corrected chi connectivity index (χ0v) is 11.8. The number of carbonyl (C=O) groups excluding carboxylic acids is 3. The monoisotopic (exact) mass is 295 g/mol. The molecule has 106 valence electrons. The van der Waals surface area contributed by atoms with Gasteiger partial charge in [0, 0.05) is 5.56 Å². The molecule has 7 heteroatoms. The van der Waals surface area contributed by atoms with Crippen molar-refractivity contribution >= 4 is 35.0 Å². The highest BCUT2D eigenvalue weighted by Gasteiger charge is 2.41. The number of carbonyl (C=O) groups is 3. The Labute approximate surface area is 119 Å². The number of nitrogens with zero attached hydrogens (tertiary/aromatic N) is 1. The maximum absolute atomic E-state index is 12.2. The molecule has 1 fully saturated rings. The number of esters is 1. The summed E-state index contributed by atoms with van der Waals surface area (Å²) in [5.41, 5.74) is 0.680. The van der Waals surface area contributed by atoms with E-state index in [1.54, 1.807) is 19.1 Å². The number of hydrogen-bond donors (Lipinski definition) is 0. The summed E-state index contributed by atoms with van der Waals surface area (Å²) in [4.78, 5) is 36.8. The lowest BCUT2D eigenvalue weighted by atomic mass is 10.2. The summed E-state index contributed by atoms with van der Waals surface area (Å²) >= 11 is 0.793. The van der Waals surface area contributed by atoms with Crippen LogP contribution < -0.4 is 0 Å². The molecule has 1 aliphatic rings. The highest BCUT2D eigenvalue weighted by molar-refractivity contribution is 8.18. The molecular formula is C13H13NO5S. The molecule has 1 aromatic heterocycles. The maximum Gasteiger partial charge on any atom is 0.329 e. The number of ether oxygens (including phenoxy) is 1. The lowest BCUT2D eigenvalue weighted by Gasteiger charge is -2.19. The smallest absolute Gasteiger partial charge is 0.329 e. The summed E-state index contributed by atoms with van der Waals surface area (Å²) in [7, 11) is 0. The van der Waals surface area contributed by atoms with Crippen molar-refractivity contribution in [3.05, 3.63) is 29.1 Å². The van der Waals surface area contributed by atoms with E-state index in [0.717, 1.165) is 16.7 Å². The molecule has 0 N–H and O–H groups in total. The minimum absolute atomic E-state index is 0.199. The molecule has 0 aliphatic carbocycles. The molecule has 1 saturated heterocycles. The predicted molar refractivity (Wildman–Crippen MR) is 72.6 cm³/mol. The predicted octanol–water partition coefficient (Wildman–Crippen LogP) is 2.27. The van der Waals surface area contributed by atoms with Gasteiger partial charge in [-0.2, -0.15) is 0 Å². The van der Waals surface area contributed by atoms with E-state index in [1.807, 2.05) is 0 Å². The summed E-state index contributed by atoms with van der Waals surface area (Å²) in [5, 5.41) is -0.481. The van der Waals surface area contributed by atoms with Crippen LogP contribution in [0, 0.1) is 0 Å². The molecule has 6 nitrogen and oxygen atoms in total. The van der Waals surface area contributed by atoms with Crippen LogP contribution in [0.5, 0.6) is 0 Å². The maximum atomic E-state index is 12.2. The van der Waals surface area contributed by atoms with Gasteiger partial charge >= 0.3 is 5.97 Å². The quantitative estimate of drug-likeness (QED) is 0.626. The van der Waals surface area contributed by atoms with Gasteiger partial charge in [0.1, 0.15) is 6.04 Å². The third-order valence-electron chi connectivity index (χ3n) is 2.68. The van der Waals surface area contributed by atoms with Gasteiger partial charge in [-0.15, -0.1) is 0 Å². The standard InChI is InChI=1S/C13H13NO5S/c1-3-19-12(16)8(2)14-11(15)10(20-13(14)17)6-9-4-5-18-7-9/h4-8H,3H2,1-2H3/b10-6+/t8-/m0/s1. The molecule has 1 aliphatic heterocycles. The van der Waals surface area contributed by atoms with Gasteiger partial charge in [-0.3, -0.25) is 14.5 Å². The minimum Gasteiger partial charge on any atom is -0.472 e. The van der Waals surface area contributed by atoms with Crippen LogP contribution in [0.25, 0.3) is 6.08 Å². The lowest BCUT2D eigenvalue weighted by molar-refractivity contribution is -0.150. The number of rotatable bonds is 4. The molecule has 20 heavy (non-hydrogen) atoms. The molecule has 0 saturated carbocycles. The molecule has 0 aromatic carbocycles. The fourth-order valence-corrected chi connectivity index (χ4v) is 2.60. The van der Waals surface area contributed by atoms with E-state index >= 15 is 0 Å². The SMILES string of the molecule is CCOC(=O)[C@H](C)N1C(=O)S/C(=C/c2ccoc2)C1=O. The van der Waals surface area contributed by atoms with E-state index in [4.69, 9.17) is 9.15 Å². The molecule has 2 heterocycles. The van der Waals surface area contributed by atoms with Gasteiger partial charge in [0.15, 0.2) is 0 Å². The first kappa shape index (κ1) is 14.4. The first-order chi connectivity index (χ1) is 9.54. The number of hydrogen-bond acceptors (Lipinski definition) is 6. The fraction of sp³-hybridized carbons (Fsp3) is 0.308. The van der Waals surface area contributed by atoms with E-state index in [2.05, 4.69) is 0 Å². The van der Waals surface area contributed by atoms with Gasteiger partial charge in [0.25, 0.3) is 11.1 Å². The van der Waals surface area contributed by atoms with E-state index in [-0.39, 0.29) is 11.5 Å². The van der Waals surface area contributed by atoms with Gasteiger partial charge in [-0.1, -0.05) is 0 Å². The summed E-state index contributed by atoms with van der Waals surface area (Å²) in [5.74, 6) is -1.10. The Hall–Kier alpha value is -2.02. The number of thioether (sulfide) groups is 1. The normalized spacial score (nSPS) is 18.7. The number of imide groups is 1. The minimum atomic E-state index is -0.933. The second-order valence-electron chi connectivity index (χ2n) is 4.04. The molecule has 1 aromatic rings. The summed E-state index contributed by atoms with van der Waals surface area (Å²) in [6, 6.07) is 0.737. The van der Waals surface area contributed by atoms with Crippen LogP contribution >= 0.6 is 11.8 Å². The topological polar surface area (TPSA) is 76.8 Å². The molecule has 2 rings (SSSR count). The Bertz CT molecular complexity index is 563. The van der Waals surface area contributed by atoms with Crippen molar-refractivity contribution in [3.63, 3.8) is 0 Å². The van der Waals surface area contributed by atoms with E-state index in [1.165, 1.54) is 19.5 Å². The second kappa shape index (κ2) is 5.96. The van der Waals surface area contributed by atoms with Gasteiger partial charge in [-0.05, 0) is 37.8 Å². The van der Waals surface area contributed by atoms with Gasteiger partial charge in [0.05, 0.1) is 24.0 Å². The molecule has 0 unspecified atom stereocenters. The third-order valence-corrected chi connectivity index (χ3v) is 3.56.